The van der Waals surface area contributed by atoms with Crippen LogP contribution in [0.2, 0.25) is 0 Å². The van der Waals surface area contributed by atoms with Gasteiger partial charge in [-0.15, -0.1) is 0 Å². The predicted molar refractivity (Wildman–Crippen MR) is 161 cm³/mol. The summed E-state index contributed by atoms with van der Waals surface area (Å²) >= 11 is 1.77. The minimum atomic E-state index is -0.0161. The van der Waals surface area contributed by atoms with Gasteiger partial charge >= 0.3 is 0 Å². The Balaban J connectivity index is 1.45. The lowest BCUT2D eigenvalue weighted by Crippen LogP contribution is -2.25. The normalized spacial score (nSPS) is 11.5. The van der Waals surface area contributed by atoms with E-state index in [1.165, 1.54) is 16.8 Å². The Bertz CT molecular complexity index is 1310. The molecule has 0 spiro atoms. The molecule has 0 saturated carbocycles. The monoisotopic (exact) mass is 525 g/mol. The van der Waals surface area contributed by atoms with Crippen molar-refractivity contribution in [3.63, 3.8) is 0 Å². The number of amides is 1. The summed E-state index contributed by atoms with van der Waals surface area (Å²) in [6.07, 6.45) is 3.10. The summed E-state index contributed by atoms with van der Waals surface area (Å²) in [7, 11) is 0. The number of aromatic nitrogens is 2. The first-order valence-electron chi connectivity index (χ1n) is 13.6. The van der Waals surface area contributed by atoms with Gasteiger partial charge in [0, 0.05) is 35.5 Å². The predicted octanol–water partition coefficient (Wildman–Crippen LogP) is 8.23. The van der Waals surface area contributed by atoms with Crippen LogP contribution in [0.4, 0.5) is 0 Å². The maximum absolute atomic E-state index is 12.6. The number of unbranched alkanes of at least 4 members (excludes halogenated alkanes) is 1. The zero-order valence-electron chi connectivity index (χ0n) is 23.0. The summed E-state index contributed by atoms with van der Waals surface area (Å²) in [6, 6.07) is 29.0. The van der Waals surface area contributed by atoms with Crippen LogP contribution in [0.15, 0.2) is 90.1 Å². The van der Waals surface area contributed by atoms with Crippen molar-refractivity contribution in [1.82, 2.24) is 14.9 Å². The molecule has 5 heteroatoms. The molecular formula is C33H39N3OS. The molecule has 198 valence electrons. The van der Waals surface area contributed by atoms with Gasteiger partial charge in [-0.1, -0.05) is 119 Å². The van der Waals surface area contributed by atoms with E-state index in [9.17, 15) is 4.79 Å². The average Bonchev–Trinajstić information content (AvgIpc) is 3.30. The van der Waals surface area contributed by atoms with Crippen molar-refractivity contribution < 1.29 is 4.79 Å². The van der Waals surface area contributed by atoms with E-state index in [4.69, 9.17) is 4.98 Å². The summed E-state index contributed by atoms with van der Waals surface area (Å²) < 4.78 is 2.39. The molecule has 4 nitrogen and oxygen atoms in total. The van der Waals surface area contributed by atoms with Crippen LogP contribution in [-0.2, 0) is 12.0 Å². The largest absolute Gasteiger partial charge is 0.352 e. The molecular weight excluding hydrogens is 486 g/mol. The molecule has 1 N–H and O–H groups in total. The maximum atomic E-state index is 12.6. The second-order valence-corrected chi connectivity index (χ2v) is 11.7. The molecule has 0 radical (unpaired) electrons. The minimum Gasteiger partial charge on any atom is -0.352 e. The maximum Gasteiger partial charge on any atom is 0.251 e. The fourth-order valence-corrected chi connectivity index (χ4v) is 5.38. The molecule has 3 aromatic carbocycles. The number of hydrogen-bond acceptors (Lipinski definition) is 3. The van der Waals surface area contributed by atoms with Crippen molar-refractivity contribution in [2.45, 2.75) is 64.1 Å². The van der Waals surface area contributed by atoms with E-state index in [2.05, 4.69) is 104 Å². The Hall–Kier alpha value is -3.31. The van der Waals surface area contributed by atoms with Gasteiger partial charge in [0.2, 0.25) is 0 Å². The lowest BCUT2D eigenvalue weighted by molar-refractivity contribution is 0.0953. The molecule has 1 aromatic heterocycles. The molecule has 0 aliphatic heterocycles. The lowest BCUT2D eigenvalue weighted by Gasteiger charge is -2.19. The van der Waals surface area contributed by atoms with Crippen LogP contribution >= 0.6 is 11.8 Å². The van der Waals surface area contributed by atoms with E-state index in [0.717, 1.165) is 48.0 Å². The number of rotatable bonds is 11. The summed E-state index contributed by atoms with van der Waals surface area (Å²) in [6.45, 7) is 10.3. The van der Waals surface area contributed by atoms with Crippen LogP contribution in [0.25, 0.3) is 22.5 Å². The first kappa shape index (κ1) is 27.7. The summed E-state index contributed by atoms with van der Waals surface area (Å²) in [5, 5.41) is 4.12. The smallest absolute Gasteiger partial charge is 0.251 e. The van der Waals surface area contributed by atoms with Crippen LogP contribution in [0, 0.1) is 0 Å². The lowest BCUT2D eigenvalue weighted by atomic mass is 9.87. The summed E-state index contributed by atoms with van der Waals surface area (Å²) in [5.41, 5.74) is 6.55. The van der Waals surface area contributed by atoms with Gasteiger partial charge in [0.15, 0.2) is 5.16 Å². The molecule has 0 aliphatic carbocycles. The van der Waals surface area contributed by atoms with Gasteiger partial charge < -0.3 is 9.88 Å². The van der Waals surface area contributed by atoms with Gasteiger partial charge in [-0.3, -0.25) is 4.79 Å². The number of hydrogen-bond donors (Lipinski definition) is 1. The third kappa shape index (κ3) is 6.96. The van der Waals surface area contributed by atoms with Crippen molar-refractivity contribution in [1.29, 1.82) is 0 Å². The Kier molecular flexibility index (Phi) is 9.46. The number of nitrogens with one attached hydrogen (secondary N) is 1. The fourth-order valence-electron chi connectivity index (χ4n) is 4.41. The van der Waals surface area contributed by atoms with Gasteiger partial charge in [0.25, 0.3) is 5.91 Å². The SMILES string of the molecule is CCCCn1c(SCCCNC(=O)c2ccc(C(C)(C)C)cc2)nc(-c2ccccc2)c1-c1ccccc1. The second-order valence-electron chi connectivity index (χ2n) is 10.6. The van der Waals surface area contributed by atoms with E-state index < -0.39 is 0 Å². The number of carbonyl (C=O) groups excluding carboxylic acids is 1. The van der Waals surface area contributed by atoms with E-state index in [0.29, 0.717) is 12.1 Å². The van der Waals surface area contributed by atoms with E-state index >= 15 is 0 Å². The van der Waals surface area contributed by atoms with Gasteiger partial charge in [0.05, 0.1) is 11.4 Å². The Labute approximate surface area is 231 Å². The molecule has 0 atom stereocenters. The van der Waals surface area contributed by atoms with Gasteiger partial charge in [-0.05, 0) is 36.0 Å². The molecule has 0 aliphatic rings. The highest BCUT2D eigenvalue weighted by molar-refractivity contribution is 7.99. The standard InChI is InChI=1S/C33H39N3OS/c1-5-6-23-36-30(26-16-11-8-12-17-26)29(25-14-9-7-10-15-25)35-32(36)38-24-13-22-34-31(37)27-18-20-28(21-19-27)33(2,3)4/h7-12,14-21H,5-6,13,22-24H2,1-4H3,(H,34,37). The Morgan fingerprint density at radius 3 is 2.11 bits per heavy atom. The molecule has 38 heavy (non-hydrogen) atoms. The number of nitrogens with zero attached hydrogens (tertiary/aromatic N) is 2. The zero-order chi connectivity index (χ0) is 27.0. The molecule has 1 heterocycles. The first-order valence-corrected chi connectivity index (χ1v) is 14.6. The molecule has 0 saturated heterocycles. The van der Waals surface area contributed by atoms with Crippen LogP contribution in [0.5, 0.6) is 0 Å². The number of thioether (sulfide) groups is 1. The number of benzene rings is 3. The fraction of sp³-hybridized carbons (Fsp3) is 0.333. The van der Waals surface area contributed by atoms with Gasteiger partial charge in [0.1, 0.15) is 0 Å². The van der Waals surface area contributed by atoms with Crippen molar-refractivity contribution in [2.24, 2.45) is 0 Å². The molecule has 0 bridgehead atoms. The molecule has 4 rings (SSSR count). The molecule has 4 aromatic rings. The topological polar surface area (TPSA) is 46.9 Å². The minimum absolute atomic E-state index is 0.0161. The van der Waals surface area contributed by atoms with Gasteiger partial charge in [-0.25, -0.2) is 4.98 Å². The zero-order valence-corrected chi connectivity index (χ0v) is 23.9. The van der Waals surface area contributed by atoms with E-state index in [1.807, 2.05) is 18.2 Å². The van der Waals surface area contributed by atoms with Crippen molar-refractivity contribution in [2.75, 3.05) is 12.3 Å². The highest BCUT2D eigenvalue weighted by atomic mass is 32.2. The summed E-state index contributed by atoms with van der Waals surface area (Å²) in [5.74, 6) is 0.868. The number of imidazole rings is 1. The second kappa shape index (κ2) is 13.0. The van der Waals surface area contributed by atoms with E-state index in [-0.39, 0.29) is 11.3 Å². The van der Waals surface area contributed by atoms with Crippen molar-refractivity contribution >= 4 is 17.7 Å². The first-order chi connectivity index (χ1) is 18.4. The van der Waals surface area contributed by atoms with Crippen molar-refractivity contribution in [3.05, 3.63) is 96.1 Å². The quantitative estimate of drug-likeness (QED) is 0.158. The molecule has 0 fully saturated rings. The van der Waals surface area contributed by atoms with Crippen LogP contribution in [-0.4, -0.2) is 27.8 Å². The van der Waals surface area contributed by atoms with Gasteiger partial charge in [-0.2, -0.15) is 0 Å². The third-order valence-electron chi connectivity index (χ3n) is 6.61. The van der Waals surface area contributed by atoms with Crippen LogP contribution in [0.1, 0.15) is 62.9 Å². The Morgan fingerprint density at radius 2 is 1.50 bits per heavy atom. The van der Waals surface area contributed by atoms with Crippen LogP contribution in [0.3, 0.4) is 0 Å². The summed E-state index contributed by atoms with van der Waals surface area (Å²) in [4.78, 5) is 17.8. The van der Waals surface area contributed by atoms with Crippen molar-refractivity contribution in [3.8, 4) is 22.5 Å². The Morgan fingerprint density at radius 1 is 0.868 bits per heavy atom. The van der Waals surface area contributed by atoms with E-state index in [1.54, 1.807) is 11.8 Å². The average molecular weight is 526 g/mol. The third-order valence-corrected chi connectivity index (χ3v) is 7.68. The van der Waals surface area contributed by atoms with Crippen LogP contribution < -0.4 is 5.32 Å². The number of carbonyl (C=O) groups is 1. The molecule has 1 amide bonds. The highest BCUT2D eigenvalue weighted by Gasteiger charge is 2.20. The highest BCUT2D eigenvalue weighted by Crippen LogP contribution is 2.36. The molecule has 0 unspecified atom stereocenters.